The normalized spacial score (nSPS) is 17.3. The average molecular weight is 388 g/mol. The molecule has 1 fully saturated rings. The number of nitrogens with zero attached hydrogens (tertiary/aromatic N) is 2. The van der Waals surface area contributed by atoms with Gasteiger partial charge in [-0.1, -0.05) is 0 Å². The summed E-state index contributed by atoms with van der Waals surface area (Å²) in [4.78, 5) is 14.2. The van der Waals surface area contributed by atoms with Crippen molar-refractivity contribution in [3.05, 3.63) is 24.3 Å². The number of benzene rings is 1. The number of piperazine rings is 1. The number of sulfonamides is 1. The van der Waals surface area contributed by atoms with Gasteiger partial charge in [-0.05, 0) is 42.7 Å². The Morgan fingerprint density at radius 1 is 1.24 bits per heavy atom. The first-order valence-corrected chi connectivity index (χ1v) is 10.9. The van der Waals surface area contributed by atoms with Gasteiger partial charge < -0.3 is 15.4 Å². The number of nitrogens with two attached hydrogens (primary N) is 1. The van der Waals surface area contributed by atoms with Crippen LogP contribution >= 0.6 is 11.8 Å². The van der Waals surface area contributed by atoms with Crippen LogP contribution in [0.3, 0.4) is 0 Å². The molecule has 0 aromatic heterocycles. The van der Waals surface area contributed by atoms with Crippen LogP contribution in [0.1, 0.15) is 6.42 Å². The molecular weight excluding hydrogens is 362 g/mol. The molecule has 25 heavy (non-hydrogen) atoms. The minimum absolute atomic E-state index is 0.101. The fraction of sp³-hybridized carbons (Fsp3) is 0.562. The predicted octanol–water partition coefficient (Wildman–Crippen LogP) is 0.609. The standard InChI is InChI=1S/C16H25N3O4S2/c1-23-13-3-5-14(6-4-13)25(21,22)19-10-8-18(9-11-19)16(20)15(17)7-12-24-2/h3-6,15H,7-12,17H2,1-2H3. The maximum atomic E-state index is 12.7. The summed E-state index contributed by atoms with van der Waals surface area (Å²) >= 11 is 1.65. The van der Waals surface area contributed by atoms with E-state index in [1.54, 1.807) is 28.8 Å². The number of methoxy groups -OCH3 is 1. The number of carbonyl (C=O) groups is 1. The third kappa shape index (κ3) is 4.87. The van der Waals surface area contributed by atoms with Crippen LogP contribution in [0.15, 0.2) is 29.2 Å². The molecule has 140 valence electrons. The van der Waals surface area contributed by atoms with E-state index in [0.29, 0.717) is 25.3 Å². The molecular formula is C16H25N3O4S2. The van der Waals surface area contributed by atoms with E-state index in [2.05, 4.69) is 0 Å². The lowest BCUT2D eigenvalue weighted by Crippen LogP contribution is -2.54. The summed E-state index contributed by atoms with van der Waals surface area (Å²) < 4.78 is 31.8. The molecule has 2 rings (SSSR count). The molecule has 1 atom stereocenters. The van der Waals surface area contributed by atoms with Crippen molar-refractivity contribution in [3.8, 4) is 5.75 Å². The van der Waals surface area contributed by atoms with Crippen LogP contribution in [0.4, 0.5) is 0 Å². The first kappa shape index (κ1) is 20.0. The summed E-state index contributed by atoms with van der Waals surface area (Å²) in [7, 11) is -2.03. The van der Waals surface area contributed by atoms with Gasteiger partial charge in [-0.3, -0.25) is 4.79 Å². The highest BCUT2D eigenvalue weighted by Gasteiger charge is 2.31. The van der Waals surface area contributed by atoms with Gasteiger partial charge >= 0.3 is 0 Å². The first-order chi connectivity index (χ1) is 11.9. The SMILES string of the molecule is COc1ccc(S(=O)(=O)N2CCN(C(=O)C(N)CCSC)CC2)cc1. The largest absolute Gasteiger partial charge is 0.497 e. The van der Waals surface area contributed by atoms with Crippen LogP contribution in [-0.2, 0) is 14.8 Å². The van der Waals surface area contributed by atoms with Crippen LogP contribution in [0.2, 0.25) is 0 Å². The van der Waals surface area contributed by atoms with E-state index in [-0.39, 0.29) is 23.9 Å². The van der Waals surface area contributed by atoms with E-state index in [0.717, 1.165) is 5.75 Å². The minimum Gasteiger partial charge on any atom is -0.497 e. The van der Waals surface area contributed by atoms with Gasteiger partial charge in [0.05, 0.1) is 18.0 Å². The van der Waals surface area contributed by atoms with Crippen LogP contribution in [-0.4, -0.2) is 74.9 Å². The number of carbonyl (C=O) groups excluding carboxylic acids is 1. The third-order valence-electron chi connectivity index (χ3n) is 4.20. The Bertz CT molecular complexity index is 671. The Hall–Kier alpha value is -1.29. The Kier molecular flexibility index (Phi) is 7.12. The summed E-state index contributed by atoms with van der Waals surface area (Å²) in [5.74, 6) is 1.34. The lowest BCUT2D eigenvalue weighted by Gasteiger charge is -2.35. The molecule has 1 aromatic rings. The summed E-state index contributed by atoms with van der Waals surface area (Å²) in [5.41, 5.74) is 5.92. The fourth-order valence-electron chi connectivity index (χ4n) is 2.65. The maximum absolute atomic E-state index is 12.7. The number of amides is 1. The third-order valence-corrected chi connectivity index (χ3v) is 6.75. The molecule has 1 heterocycles. The zero-order valence-corrected chi connectivity index (χ0v) is 16.2. The minimum atomic E-state index is -3.57. The van der Waals surface area contributed by atoms with Crippen LogP contribution in [0, 0.1) is 0 Å². The zero-order valence-electron chi connectivity index (χ0n) is 14.6. The summed E-state index contributed by atoms with van der Waals surface area (Å²) in [6.07, 6.45) is 2.60. The summed E-state index contributed by atoms with van der Waals surface area (Å²) in [5, 5.41) is 0. The van der Waals surface area contributed by atoms with Gasteiger partial charge in [0.25, 0.3) is 0 Å². The topological polar surface area (TPSA) is 92.9 Å². The van der Waals surface area contributed by atoms with Crippen molar-refractivity contribution in [1.82, 2.24) is 9.21 Å². The molecule has 9 heteroatoms. The quantitative estimate of drug-likeness (QED) is 0.737. The summed E-state index contributed by atoms with van der Waals surface area (Å²) in [6, 6.07) is 5.79. The number of thioether (sulfide) groups is 1. The molecule has 1 unspecified atom stereocenters. The Labute approximate surface area is 153 Å². The van der Waals surface area contributed by atoms with E-state index in [1.807, 2.05) is 6.26 Å². The number of ether oxygens (including phenoxy) is 1. The average Bonchev–Trinajstić information content (AvgIpc) is 2.65. The second kappa shape index (κ2) is 8.88. The molecule has 1 aliphatic rings. The Morgan fingerprint density at radius 3 is 2.36 bits per heavy atom. The highest BCUT2D eigenvalue weighted by Crippen LogP contribution is 2.21. The van der Waals surface area contributed by atoms with E-state index in [9.17, 15) is 13.2 Å². The molecule has 0 spiro atoms. The van der Waals surface area contributed by atoms with Gasteiger partial charge in [-0.25, -0.2) is 8.42 Å². The van der Waals surface area contributed by atoms with E-state index in [4.69, 9.17) is 10.5 Å². The second-order valence-electron chi connectivity index (χ2n) is 5.79. The van der Waals surface area contributed by atoms with Gasteiger partial charge in [-0.2, -0.15) is 16.1 Å². The molecule has 2 N–H and O–H groups in total. The highest BCUT2D eigenvalue weighted by molar-refractivity contribution is 7.98. The fourth-order valence-corrected chi connectivity index (χ4v) is 4.56. The van der Waals surface area contributed by atoms with Crippen LogP contribution in [0.5, 0.6) is 5.75 Å². The van der Waals surface area contributed by atoms with E-state index >= 15 is 0 Å². The second-order valence-corrected chi connectivity index (χ2v) is 8.72. The van der Waals surface area contributed by atoms with Crippen molar-refractivity contribution in [2.45, 2.75) is 17.4 Å². The Balaban J connectivity index is 1.97. The lowest BCUT2D eigenvalue weighted by molar-refractivity contribution is -0.133. The molecule has 1 aromatic carbocycles. The van der Waals surface area contributed by atoms with Gasteiger partial charge in [0, 0.05) is 26.2 Å². The molecule has 1 saturated heterocycles. The smallest absolute Gasteiger partial charge is 0.243 e. The first-order valence-electron chi connectivity index (χ1n) is 8.07. The van der Waals surface area contributed by atoms with Crippen LogP contribution in [0.25, 0.3) is 0 Å². The van der Waals surface area contributed by atoms with E-state index in [1.165, 1.54) is 23.5 Å². The van der Waals surface area contributed by atoms with E-state index < -0.39 is 16.1 Å². The number of hydrogen-bond acceptors (Lipinski definition) is 6. The highest BCUT2D eigenvalue weighted by atomic mass is 32.2. The molecule has 0 saturated carbocycles. The Morgan fingerprint density at radius 2 is 1.84 bits per heavy atom. The van der Waals surface area contributed by atoms with Gasteiger partial charge in [0.15, 0.2) is 0 Å². The van der Waals surface area contributed by atoms with Gasteiger partial charge in [0.2, 0.25) is 15.9 Å². The van der Waals surface area contributed by atoms with Crippen molar-refractivity contribution in [3.63, 3.8) is 0 Å². The van der Waals surface area contributed by atoms with Crippen molar-refractivity contribution in [2.24, 2.45) is 5.73 Å². The van der Waals surface area contributed by atoms with Gasteiger partial charge in [0.1, 0.15) is 5.75 Å². The molecule has 0 aliphatic carbocycles. The lowest BCUT2D eigenvalue weighted by atomic mass is 10.2. The predicted molar refractivity (Wildman–Crippen MR) is 99.3 cm³/mol. The van der Waals surface area contributed by atoms with Crippen molar-refractivity contribution >= 4 is 27.7 Å². The molecule has 7 nitrogen and oxygen atoms in total. The summed E-state index contributed by atoms with van der Waals surface area (Å²) in [6.45, 7) is 1.27. The molecule has 1 amide bonds. The number of hydrogen-bond donors (Lipinski definition) is 1. The molecule has 1 aliphatic heterocycles. The van der Waals surface area contributed by atoms with Gasteiger partial charge in [-0.15, -0.1) is 0 Å². The van der Waals surface area contributed by atoms with Crippen molar-refractivity contribution in [1.29, 1.82) is 0 Å². The maximum Gasteiger partial charge on any atom is 0.243 e. The molecule has 0 radical (unpaired) electrons. The van der Waals surface area contributed by atoms with Crippen molar-refractivity contribution in [2.75, 3.05) is 45.3 Å². The van der Waals surface area contributed by atoms with Crippen LogP contribution < -0.4 is 10.5 Å². The number of rotatable bonds is 7. The zero-order chi connectivity index (χ0) is 18.4. The molecule has 0 bridgehead atoms. The van der Waals surface area contributed by atoms with Crippen molar-refractivity contribution < 1.29 is 17.9 Å². The monoisotopic (exact) mass is 387 g/mol.